The second-order valence-corrected chi connectivity index (χ2v) is 5.11. The molecule has 3 heteroatoms. The van der Waals surface area contributed by atoms with E-state index in [1.54, 1.807) is 0 Å². The highest BCUT2D eigenvalue weighted by molar-refractivity contribution is 5.28. The van der Waals surface area contributed by atoms with Crippen LogP contribution in [0.4, 0.5) is 0 Å². The molecule has 19 heavy (non-hydrogen) atoms. The molecular weight excluding hydrogens is 236 g/mol. The predicted molar refractivity (Wildman–Crippen MR) is 81.4 cm³/mol. The zero-order valence-corrected chi connectivity index (χ0v) is 12.6. The lowest BCUT2D eigenvalue weighted by Crippen LogP contribution is -2.32. The second-order valence-electron chi connectivity index (χ2n) is 5.11. The summed E-state index contributed by atoms with van der Waals surface area (Å²) in [6.07, 6.45) is 1.23. The number of benzene rings is 1. The highest BCUT2D eigenvalue weighted by Gasteiger charge is 2.07. The van der Waals surface area contributed by atoms with Crippen LogP contribution in [0.2, 0.25) is 0 Å². The molecule has 0 spiro atoms. The average molecular weight is 264 g/mol. The molecule has 1 unspecified atom stereocenters. The summed E-state index contributed by atoms with van der Waals surface area (Å²) in [5.74, 6) is 1.67. The van der Waals surface area contributed by atoms with Crippen LogP contribution in [0.3, 0.4) is 0 Å². The summed E-state index contributed by atoms with van der Waals surface area (Å²) in [6.45, 7) is 11.3. The van der Waals surface area contributed by atoms with Gasteiger partial charge in [-0.15, -0.1) is 0 Å². The summed E-state index contributed by atoms with van der Waals surface area (Å²) in [5, 5.41) is 0. The Kier molecular flexibility index (Phi) is 7.53. The van der Waals surface area contributed by atoms with E-state index in [0.29, 0.717) is 6.54 Å². The maximum Gasteiger partial charge on any atom is 0.119 e. The first kappa shape index (κ1) is 16.0. The number of rotatable bonds is 9. The highest BCUT2D eigenvalue weighted by Crippen LogP contribution is 2.13. The fourth-order valence-corrected chi connectivity index (χ4v) is 2.00. The van der Waals surface area contributed by atoms with Crippen LogP contribution in [-0.4, -0.2) is 31.1 Å². The van der Waals surface area contributed by atoms with Crippen LogP contribution in [0.15, 0.2) is 24.3 Å². The largest absolute Gasteiger partial charge is 0.492 e. The Morgan fingerprint density at radius 3 is 2.74 bits per heavy atom. The fraction of sp³-hybridized carbons (Fsp3) is 0.625. The molecule has 0 aliphatic heterocycles. The van der Waals surface area contributed by atoms with E-state index < -0.39 is 0 Å². The van der Waals surface area contributed by atoms with Crippen LogP contribution in [0.5, 0.6) is 5.75 Å². The summed E-state index contributed by atoms with van der Waals surface area (Å²) in [4.78, 5) is 2.45. The van der Waals surface area contributed by atoms with E-state index in [1.165, 1.54) is 6.42 Å². The molecule has 3 nitrogen and oxygen atoms in total. The van der Waals surface area contributed by atoms with Gasteiger partial charge in [0.1, 0.15) is 12.4 Å². The smallest absolute Gasteiger partial charge is 0.119 e. The van der Waals surface area contributed by atoms with Crippen molar-refractivity contribution in [2.45, 2.75) is 33.7 Å². The molecule has 0 aliphatic rings. The van der Waals surface area contributed by atoms with E-state index in [1.807, 2.05) is 24.3 Å². The first-order chi connectivity index (χ1) is 9.19. The van der Waals surface area contributed by atoms with Crippen molar-refractivity contribution in [3.8, 4) is 5.75 Å². The van der Waals surface area contributed by atoms with E-state index in [-0.39, 0.29) is 0 Å². The van der Waals surface area contributed by atoms with Gasteiger partial charge in [-0.05, 0) is 30.2 Å². The Bertz CT molecular complexity index is 354. The van der Waals surface area contributed by atoms with Gasteiger partial charge in [-0.25, -0.2) is 0 Å². The molecule has 0 heterocycles. The molecule has 0 amide bonds. The zero-order chi connectivity index (χ0) is 14.1. The molecular formula is C16H28N2O. The topological polar surface area (TPSA) is 38.5 Å². The van der Waals surface area contributed by atoms with E-state index in [9.17, 15) is 0 Å². The molecule has 1 rings (SSSR count). The van der Waals surface area contributed by atoms with Crippen molar-refractivity contribution in [3.63, 3.8) is 0 Å². The van der Waals surface area contributed by atoms with Gasteiger partial charge in [0, 0.05) is 19.6 Å². The first-order valence-corrected chi connectivity index (χ1v) is 7.33. The standard InChI is InChI=1S/C16H28N2O/c1-4-14(3)13-18(5-2)9-10-19-16-8-6-7-15(11-16)12-17/h6-8,11,14H,4-5,9-10,12-13,17H2,1-3H3. The van der Waals surface area contributed by atoms with E-state index in [0.717, 1.165) is 43.5 Å². The van der Waals surface area contributed by atoms with Crippen molar-refractivity contribution in [2.75, 3.05) is 26.2 Å². The second kappa shape index (κ2) is 8.94. The molecule has 0 aromatic heterocycles. The summed E-state index contributed by atoms with van der Waals surface area (Å²) in [7, 11) is 0. The Balaban J connectivity index is 2.35. The normalized spacial score (nSPS) is 12.7. The van der Waals surface area contributed by atoms with Gasteiger partial charge < -0.3 is 10.5 Å². The van der Waals surface area contributed by atoms with Crippen molar-refractivity contribution in [2.24, 2.45) is 11.7 Å². The summed E-state index contributed by atoms with van der Waals surface area (Å²) < 4.78 is 5.80. The quantitative estimate of drug-likeness (QED) is 0.745. The van der Waals surface area contributed by atoms with Gasteiger partial charge >= 0.3 is 0 Å². The predicted octanol–water partition coefficient (Wildman–Crippen LogP) is 2.89. The average Bonchev–Trinajstić information content (AvgIpc) is 2.46. The molecule has 108 valence electrons. The molecule has 0 bridgehead atoms. The fourth-order valence-electron chi connectivity index (χ4n) is 2.00. The van der Waals surface area contributed by atoms with Gasteiger partial charge in [0.15, 0.2) is 0 Å². The van der Waals surface area contributed by atoms with E-state index in [2.05, 4.69) is 25.7 Å². The van der Waals surface area contributed by atoms with E-state index in [4.69, 9.17) is 10.5 Å². The summed E-state index contributed by atoms with van der Waals surface area (Å²) in [5.41, 5.74) is 6.74. The number of hydrogen-bond acceptors (Lipinski definition) is 3. The van der Waals surface area contributed by atoms with Crippen LogP contribution in [0, 0.1) is 5.92 Å². The first-order valence-electron chi connectivity index (χ1n) is 7.33. The molecule has 0 radical (unpaired) electrons. The number of ether oxygens (including phenoxy) is 1. The number of hydrogen-bond donors (Lipinski definition) is 1. The molecule has 1 atom stereocenters. The van der Waals surface area contributed by atoms with Crippen LogP contribution in [0.1, 0.15) is 32.8 Å². The number of likely N-dealkylation sites (N-methyl/N-ethyl adjacent to an activating group) is 1. The van der Waals surface area contributed by atoms with Crippen molar-refractivity contribution < 1.29 is 4.74 Å². The minimum Gasteiger partial charge on any atom is -0.492 e. The van der Waals surface area contributed by atoms with Crippen molar-refractivity contribution in [1.29, 1.82) is 0 Å². The monoisotopic (exact) mass is 264 g/mol. The van der Waals surface area contributed by atoms with Crippen molar-refractivity contribution >= 4 is 0 Å². The van der Waals surface area contributed by atoms with Gasteiger partial charge in [-0.2, -0.15) is 0 Å². The Morgan fingerprint density at radius 1 is 1.32 bits per heavy atom. The maximum absolute atomic E-state index is 5.80. The molecule has 0 fully saturated rings. The Morgan fingerprint density at radius 2 is 2.11 bits per heavy atom. The molecule has 0 aliphatic carbocycles. The molecule has 1 aromatic rings. The SMILES string of the molecule is CCC(C)CN(CC)CCOc1cccc(CN)c1. The lowest BCUT2D eigenvalue weighted by molar-refractivity contribution is 0.194. The van der Waals surface area contributed by atoms with Crippen LogP contribution >= 0.6 is 0 Å². The van der Waals surface area contributed by atoms with Crippen molar-refractivity contribution in [1.82, 2.24) is 4.90 Å². The zero-order valence-electron chi connectivity index (χ0n) is 12.6. The van der Waals surface area contributed by atoms with Gasteiger partial charge in [0.2, 0.25) is 0 Å². The number of nitrogens with zero attached hydrogens (tertiary/aromatic N) is 1. The maximum atomic E-state index is 5.80. The third-order valence-electron chi connectivity index (χ3n) is 3.52. The molecule has 1 aromatic carbocycles. The lowest BCUT2D eigenvalue weighted by atomic mass is 10.1. The molecule has 0 saturated carbocycles. The minimum atomic E-state index is 0.562. The van der Waals surface area contributed by atoms with Gasteiger partial charge in [0.25, 0.3) is 0 Å². The van der Waals surface area contributed by atoms with Gasteiger partial charge in [-0.1, -0.05) is 39.3 Å². The Hall–Kier alpha value is -1.06. The minimum absolute atomic E-state index is 0.562. The van der Waals surface area contributed by atoms with Crippen LogP contribution < -0.4 is 10.5 Å². The molecule has 2 N–H and O–H groups in total. The summed E-state index contributed by atoms with van der Waals surface area (Å²) in [6, 6.07) is 8.03. The Labute approximate surface area is 117 Å². The van der Waals surface area contributed by atoms with E-state index >= 15 is 0 Å². The van der Waals surface area contributed by atoms with Gasteiger partial charge in [-0.3, -0.25) is 4.90 Å². The summed E-state index contributed by atoms with van der Waals surface area (Å²) >= 11 is 0. The van der Waals surface area contributed by atoms with Crippen molar-refractivity contribution in [3.05, 3.63) is 29.8 Å². The lowest BCUT2D eigenvalue weighted by Gasteiger charge is -2.23. The van der Waals surface area contributed by atoms with Crippen LogP contribution in [-0.2, 0) is 6.54 Å². The van der Waals surface area contributed by atoms with Crippen LogP contribution in [0.25, 0.3) is 0 Å². The molecule has 0 saturated heterocycles. The van der Waals surface area contributed by atoms with Gasteiger partial charge in [0.05, 0.1) is 0 Å². The number of nitrogens with two attached hydrogens (primary N) is 1. The third-order valence-corrected chi connectivity index (χ3v) is 3.52. The third kappa shape index (κ3) is 6.08. The highest BCUT2D eigenvalue weighted by atomic mass is 16.5.